The normalized spacial score (nSPS) is 28.7. The lowest BCUT2D eigenvalue weighted by Crippen LogP contribution is -2.38. The van der Waals surface area contributed by atoms with Crippen LogP contribution in [-0.4, -0.2) is 28.1 Å². The van der Waals surface area contributed by atoms with Crippen molar-refractivity contribution in [1.82, 2.24) is 10.3 Å². The monoisotopic (exact) mass is 282 g/mol. The van der Waals surface area contributed by atoms with E-state index in [4.69, 9.17) is 5.11 Å². The molecule has 2 atom stereocenters. The molecule has 2 unspecified atom stereocenters. The molecule has 2 aliphatic rings. The van der Waals surface area contributed by atoms with Gasteiger partial charge in [-0.15, -0.1) is 12.4 Å². The van der Waals surface area contributed by atoms with E-state index in [1.54, 1.807) is 6.07 Å². The Morgan fingerprint density at radius 3 is 2.53 bits per heavy atom. The van der Waals surface area contributed by atoms with E-state index in [0.29, 0.717) is 18.0 Å². The van der Waals surface area contributed by atoms with Gasteiger partial charge in [0.25, 0.3) is 0 Å². The quantitative estimate of drug-likeness (QED) is 0.893. The molecule has 1 aromatic rings. The molecular weight excluding hydrogens is 264 g/mol. The molecular formula is C14H19ClN2O2. The molecule has 2 aliphatic heterocycles. The van der Waals surface area contributed by atoms with E-state index in [0.717, 1.165) is 12.1 Å². The molecule has 4 nitrogen and oxygen atoms in total. The van der Waals surface area contributed by atoms with Crippen LogP contribution < -0.4 is 5.32 Å². The number of hydrogen-bond donors (Lipinski definition) is 2. The molecule has 104 valence electrons. The summed E-state index contributed by atoms with van der Waals surface area (Å²) in [4.78, 5) is 15.0. The summed E-state index contributed by atoms with van der Waals surface area (Å²) in [6.45, 7) is 0. The predicted molar refractivity (Wildman–Crippen MR) is 74.8 cm³/mol. The molecule has 3 heterocycles. The van der Waals surface area contributed by atoms with Crippen LogP contribution in [0.4, 0.5) is 0 Å². The number of nitrogens with zero attached hydrogens (tertiary/aromatic N) is 1. The number of carboxylic acid groups (broad SMARTS) is 1. The van der Waals surface area contributed by atoms with Gasteiger partial charge in [0.15, 0.2) is 0 Å². The first-order valence-electron chi connectivity index (χ1n) is 6.65. The Morgan fingerprint density at radius 2 is 2.00 bits per heavy atom. The zero-order chi connectivity index (χ0) is 12.5. The lowest BCUT2D eigenvalue weighted by atomic mass is 9.88. The van der Waals surface area contributed by atoms with Gasteiger partial charge < -0.3 is 10.4 Å². The van der Waals surface area contributed by atoms with Crippen LogP contribution in [-0.2, 0) is 6.42 Å². The fourth-order valence-electron chi connectivity index (χ4n) is 3.31. The Kier molecular flexibility index (Phi) is 4.42. The predicted octanol–water partition coefficient (Wildman–Crippen LogP) is 2.27. The Balaban J connectivity index is 0.00000133. The Bertz CT molecular complexity index is 437. The number of rotatable bonds is 3. The zero-order valence-electron chi connectivity index (χ0n) is 10.7. The fourth-order valence-corrected chi connectivity index (χ4v) is 3.31. The summed E-state index contributed by atoms with van der Waals surface area (Å²) in [5.41, 5.74) is 1.29. The highest BCUT2D eigenvalue weighted by Crippen LogP contribution is 2.32. The molecule has 0 amide bonds. The molecule has 3 rings (SSSR count). The number of aromatic carboxylic acids is 1. The second-order valence-corrected chi connectivity index (χ2v) is 5.52. The van der Waals surface area contributed by atoms with Crippen molar-refractivity contribution in [3.63, 3.8) is 0 Å². The lowest BCUT2D eigenvalue weighted by molar-refractivity contribution is 0.0696. The Labute approximate surface area is 119 Å². The molecule has 0 radical (unpaired) electrons. The number of nitrogens with one attached hydrogen (secondary N) is 1. The van der Waals surface area contributed by atoms with E-state index in [-0.39, 0.29) is 18.0 Å². The van der Waals surface area contributed by atoms with Crippen molar-refractivity contribution in [3.05, 3.63) is 29.6 Å². The summed E-state index contributed by atoms with van der Waals surface area (Å²) >= 11 is 0. The molecule has 2 bridgehead atoms. The third-order valence-corrected chi connectivity index (χ3v) is 4.14. The van der Waals surface area contributed by atoms with E-state index in [9.17, 15) is 4.79 Å². The fraction of sp³-hybridized carbons (Fsp3) is 0.571. The van der Waals surface area contributed by atoms with Gasteiger partial charge in [0.2, 0.25) is 0 Å². The molecule has 1 aromatic heterocycles. The standard InChI is InChI=1S/C14H18N2O2.ClH/c17-14(18)10-1-2-11(15-8-10)5-9-6-12-3-4-13(7-9)16-12;/h1-2,8-9,12-13,16H,3-7H2,(H,17,18);1H. The molecule has 2 N–H and O–H groups in total. The van der Waals surface area contributed by atoms with Gasteiger partial charge in [0.05, 0.1) is 5.56 Å². The maximum absolute atomic E-state index is 10.7. The van der Waals surface area contributed by atoms with E-state index < -0.39 is 5.97 Å². The van der Waals surface area contributed by atoms with Crippen LogP contribution in [0.1, 0.15) is 41.7 Å². The lowest BCUT2D eigenvalue weighted by Gasteiger charge is -2.28. The van der Waals surface area contributed by atoms with Gasteiger partial charge in [-0.2, -0.15) is 0 Å². The second kappa shape index (κ2) is 5.88. The molecule has 5 heteroatoms. The average molecular weight is 283 g/mol. The summed E-state index contributed by atoms with van der Waals surface area (Å²) in [6.07, 6.45) is 7.54. The van der Waals surface area contributed by atoms with Gasteiger partial charge >= 0.3 is 5.97 Å². The molecule has 0 spiro atoms. The van der Waals surface area contributed by atoms with E-state index in [2.05, 4.69) is 10.3 Å². The van der Waals surface area contributed by atoms with Crippen molar-refractivity contribution < 1.29 is 9.90 Å². The van der Waals surface area contributed by atoms with Crippen molar-refractivity contribution in [1.29, 1.82) is 0 Å². The number of aromatic nitrogens is 1. The molecule has 19 heavy (non-hydrogen) atoms. The van der Waals surface area contributed by atoms with Crippen molar-refractivity contribution in [2.45, 2.75) is 44.2 Å². The number of hydrogen-bond acceptors (Lipinski definition) is 3. The van der Waals surface area contributed by atoms with Gasteiger partial charge in [-0.25, -0.2) is 4.79 Å². The number of carboxylic acids is 1. The van der Waals surface area contributed by atoms with E-state index >= 15 is 0 Å². The number of pyridine rings is 1. The first-order chi connectivity index (χ1) is 8.70. The molecule has 0 aromatic carbocycles. The van der Waals surface area contributed by atoms with Crippen LogP contribution in [0.2, 0.25) is 0 Å². The minimum absolute atomic E-state index is 0. The summed E-state index contributed by atoms with van der Waals surface area (Å²) in [6, 6.07) is 4.91. The van der Waals surface area contributed by atoms with E-state index in [1.165, 1.54) is 31.9 Å². The highest BCUT2D eigenvalue weighted by Gasteiger charge is 2.33. The van der Waals surface area contributed by atoms with Crippen LogP contribution in [0.25, 0.3) is 0 Å². The van der Waals surface area contributed by atoms with Crippen LogP contribution in [0.15, 0.2) is 18.3 Å². The summed E-state index contributed by atoms with van der Waals surface area (Å²) in [5, 5.41) is 12.5. The zero-order valence-corrected chi connectivity index (χ0v) is 11.5. The highest BCUT2D eigenvalue weighted by molar-refractivity contribution is 5.87. The van der Waals surface area contributed by atoms with Crippen molar-refractivity contribution in [2.75, 3.05) is 0 Å². The molecule has 2 fully saturated rings. The van der Waals surface area contributed by atoms with Gasteiger partial charge in [-0.3, -0.25) is 4.98 Å². The SMILES string of the molecule is Cl.O=C(O)c1ccc(CC2CC3CCC(C2)N3)nc1. The molecule has 2 saturated heterocycles. The van der Waals surface area contributed by atoms with Crippen molar-refractivity contribution in [2.24, 2.45) is 5.92 Å². The molecule has 0 saturated carbocycles. The highest BCUT2D eigenvalue weighted by atomic mass is 35.5. The maximum Gasteiger partial charge on any atom is 0.337 e. The minimum Gasteiger partial charge on any atom is -0.478 e. The van der Waals surface area contributed by atoms with Crippen molar-refractivity contribution in [3.8, 4) is 0 Å². The number of carbonyl (C=O) groups is 1. The van der Waals surface area contributed by atoms with Crippen molar-refractivity contribution >= 4 is 18.4 Å². The third-order valence-electron chi connectivity index (χ3n) is 4.14. The number of piperidine rings is 1. The molecule has 0 aliphatic carbocycles. The average Bonchev–Trinajstić information content (AvgIpc) is 2.69. The van der Waals surface area contributed by atoms with Gasteiger partial charge in [-0.1, -0.05) is 0 Å². The summed E-state index contributed by atoms with van der Waals surface area (Å²) < 4.78 is 0. The Hall–Kier alpha value is -1.13. The van der Waals surface area contributed by atoms with Gasteiger partial charge in [0.1, 0.15) is 0 Å². The first-order valence-corrected chi connectivity index (χ1v) is 6.65. The van der Waals surface area contributed by atoms with Crippen LogP contribution in [0.5, 0.6) is 0 Å². The maximum atomic E-state index is 10.7. The van der Waals surface area contributed by atoms with Gasteiger partial charge in [-0.05, 0) is 50.2 Å². The largest absolute Gasteiger partial charge is 0.478 e. The van der Waals surface area contributed by atoms with Crippen LogP contribution in [0, 0.1) is 5.92 Å². The second-order valence-electron chi connectivity index (χ2n) is 5.52. The van der Waals surface area contributed by atoms with Crippen LogP contribution >= 0.6 is 12.4 Å². The number of halogens is 1. The Morgan fingerprint density at radius 1 is 1.32 bits per heavy atom. The summed E-state index contributed by atoms with van der Waals surface area (Å²) in [7, 11) is 0. The summed E-state index contributed by atoms with van der Waals surface area (Å²) in [5.74, 6) is -0.208. The van der Waals surface area contributed by atoms with E-state index in [1.807, 2.05) is 6.07 Å². The number of fused-ring (bicyclic) bond motifs is 2. The topological polar surface area (TPSA) is 62.2 Å². The van der Waals surface area contributed by atoms with Gasteiger partial charge in [0, 0.05) is 24.0 Å². The van der Waals surface area contributed by atoms with Crippen LogP contribution in [0.3, 0.4) is 0 Å². The minimum atomic E-state index is -0.908. The third kappa shape index (κ3) is 3.25. The smallest absolute Gasteiger partial charge is 0.337 e. The first kappa shape index (κ1) is 14.3.